The Morgan fingerprint density at radius 3 is 1.41 bits per heavy atom. The van der Waals surface area contributed by atoms with Gasteiger partial charge in [-0.2, -0.15) is 0 Å². The summed E-state index contributed by atoms with van der Waals surface area (Å²) >= 11 is -0.273. The molecule has 8 unspecified atom stereocenters. The standard InChI is InChI=1S/C24H42O2Te/c1-9-25-19-15(3)11-13-17-21(5,6)23(17,19)27-24-18(22(24,7)8)14-12-16(4)20(24)26-10-2/h15-20H,9-14H2,1-8H3. The Kier molecular flexibility index (Phi) is 5.13. The molecule has 0 radical (unpaired) electrons. The SMILES string of the molecule is CCOC1C(C)CCC2C(C)(C)C12[Te]C12C(OCC)C(C)CCC1C2(C)C. The normalized spacial score (nSPS) is 52.0. The molecule has 4 rings (SSSR count). The molecule has 156 valence electrons. The zero-order valence-electron chi connectivity index (χ0n) is 18.9. The molecule has 0 spiro atoms. The van der Waals surface area contributed by atoms with Crippen LogP contribution in [0.5, 0.6) is 0 Å². The molecule has 0 aromatic heterocycles. The van der Waals surface area contributed by atoms with Gasteiger partial charge >= 0.3 is 178 Å². The molecule has 4 aliphatic carbocycles. The second-order valence-corrected chi connectivity index (χ2v) is 15.5. The van der Waals surface area contributed by atoms with Crippen LogP contribution in [-0.4, -0.2) is 46.3 Å². The summed E-state index contributed by atoms with van der Waals surface area (Å²) < 4.78 is 14.1. The van der Waals surface area contributed by atoms with Crippen molar-refractivity contribution in [1.29, 1.82) is 0 Å². The summed E-state index contributed by atoms with van der Waals surface area (Å²) in [5, 5.41) is 0. The Hall–Kier alpha value is 0.710. The van der Waals surface area contributed by atoms with Crippen LogP contribution in [0.4, 0.5) is 0 Å². The summed E-state index contributed by atoms with van der Waals surface area (Å²) in [4.78, 5) is 0. The minimum atomic E-state index is -0.273. The van der Waals surface area contributed by atoms with Crippen LogP contribution in [0.3, 0.4) is 0 Å². The fourth-order valence-electron chi connectivity index (χ4n) is 7.75. The van der Waals surface area contributed by atoms with Crippen molar-refractivity contribution in [3.8, 4) is 0 Å². The van der Waals surface area contributed by atoms with Crippen molar-refractivity contribution in [2.75, 3.05) is 13.2 Å². The molecule has 8 atom stereocenters. The van der Waals surface area contributed by atoms with Gasteiger partial charge in [0, 0.05) is 0 Å². The molecule has 27 heavy (non-hydrogen) atoms. The molecule has 4 fully saturated rings. The van der Waals surface area contributed by atoms with Crippen molar-refractivity contribution in [2.45, 2.75) is 100 Å². The second-order valence-electron chi connectivity index (χ2n) is 11.1. The third-order valence-electron chi connectivity index (χ3n) is 9.36. The topological polar surface area (TPSA) is 18.5 Å². The first-order valence-corrected chi connectivity index (χ1v) is 13.9. The van der Waals surface area contributed by atoms with E-state index in [1.54, 1.807) is 0 Å². The third kappa shape index (κ3) is 2.50. The van der Waals surface area contributed by atoms with E-state index in [1.807, 2.05) is 0 Å². The maximum atomic E-state index is 6.57. The van der Waals surface area contributed by atoms with Gasteiger partial charge in [0.05, 0.1) is 0 Å². The Balaban J connectivity index is 1.74. The quantitative estimate of drug-likeness (QED) is 0.426. The van der Waals surface area contributed by atoms with Gasteiger partial charge in [0.2, 0.25) is 0 Å². The average molecular weight is 490 g/mol. The molecule has 0 N–H and O–H groups in total. The van der Waals surface area contributed by atoms with E-state index in [0.29, 0.717) is 30.0 Å². The Labute approximate surface area is 178 Å². The van der Waals surface area contributed by atoms with Crippen LogP contribution in [0.1, 0.15) is 81.1 Å². The summed E-state index contributed by atoms with van der Waals surface area (Å²) in [6.45, 7) is 21.4. The zero-order valence-corrected chi connectivity index (χ0v) is 21.3. The number of ether oxygens (including phenoxy) is 2. The fourth-order valence-corrected chi connectivity index (χ4v) is 16.9. The van der Waals surface area contributed by atoms with Gasteiger partial charge in [-0.05, 0) is 0 Å². The van der Waals surface area contributed by atoms with Gasteiger partial charge in [0.25, 0.3) is 0 Å². The first-order chi connectivity index (χ1) is 12.6. The summed E-state index contributed by atoms with van der Waals surface area (Å²) in [6, 6.07) is 0. The van der Waals surface area contributed by atoms with Gasteiger partial charge in [-0.15, -0.1) is 0 Å². The molecule has 4 aliphatic rings. The third-order valence-corrected chi connectivity index (χ3v) is 17.2. The van der Waals surface area contributed by atoms with Gasteiger partial charge in [0.1, 0.15) is 0 Å². The van der Waals surface area contributed by atoms with Crippen molar-refractivity contribution in [2.24, 2.45) is 34.5 Å². The Morgan fingerprint density at radius 2 is 1.07 bits per heavy atom. The van der Waals surface area contributed by atoms with E-state index in [0.717, 1.165) is 36.9 Å². The van der Waals surface area contributed by atoms with E-state index in [1.165, 1.54) is 25.7 Å². The molecule has 0 aliphatic heterocycles. The summed E-state index contributed by atoms with van der Waals surface area (Å²) in [5.41, 5.74) is 0.935. The molecular formula is C24H42O2Te. The molecule has 0 aromatic rings. The molecule has 4 saturated carbocycles. The van der Waals surface area contributed by atoms with Crippen molar-refractivity contribution in [1.82, 2.24) is 0 Å². The summed E-state index contributed by atoms with van der Waals surface area (Å²) in [5.74, 6) is 3.23. The average Bonchev–Trinajstić information content (AvgIpc) is 3.29. The molecule has 3 heteroatoms. The fraction of sp³-hybridized carbons (Fsp3) is 1.00. The second kappa shape index (κ2) is 6.60. The van der Waals surface area contributed by atoms with Gasteiger partial charge in [-0.1, -0.05) is 0 Å². The van der Waals surface area contributed by atoms with E-state index in [2.05, 4.69) is 55.4 Å². The molecule has 0 aromatic carbocycles. The van der Waals surface area contributed by atoms with E-state index in [9.17, 15) is 0 Å². The van der Waals surface area contributed by atoms with E-state index in [-0.39, 0.29) is 20.9 Å². The molecular weight excluding hydrogens is 448 g/mol. The Bertz CT molecular complexity index is 537. The molecule has 2 nitrogen and oxygen atoms in total. The summed E-state index contributed by atoms with van der Waals surface area (Å²) in [7, 11) is 0. The van der Waals surface area contributed by atoms with Gasteiger partial charge in [-0.3, -0.25) is 0 Å². The monoisotopic (exact) mass is 492 g/mol. The number of hydrogen-bond acceptors (Lipinski definition) is 2. The Morgan fingerprint density at radius 1 is 0.704 bits per heavy atom. The van der Waals surface area contributed by atoms with Gasteiger partial charge < -0.3 is 0 Å². The zero-order chi connectivity index (χ0) is 19.8. The maximum absolute atomic E-state index is 6.57. The van der Waals surface area contributed by atoms with Crippen LogP contribution in [0, 0.1) is 34.5 Å². The van der Waals surface area contributed by atoms with E-state index in [4.69, 9.17) is 9.47 Å². The van der Waals surface area contributed by atoms with Crippen LogP contribution < -0.4 is 0 Å². The predicted octanol–water partition coefficient (Wildman–Crippen LogP) is 5.99. The van der Waals surface area contributed by atoms with E-state index < -0.39 is 0 Å². The first kappa shape index (κ1) is 21.0. The molecule has 0 bridgehead atoms. The van der Waals surface area contributed by atoms with Crippen LogP contribution in [-0.2, 0) is 9.47 Å². The van der Waals surface area contributed by atoms with Crippen molar-refractivity contribution in [3.05, 3.63) is 0 Å². The number of hydrogen-bond donors (Lipinski definition) is 0. The predicted molar refractivity (Wildman–Crippen MR) is 113 cm³/mol. The van der Waals surface area contributed by atoms with Crippen molar-refractivity contribution >= 4 is 20.9 Å². The van der Waals surface area contributed by atoms with Crippen LogP contribution in [0.15, 0.2) is 0 Å². The molecule has 0 saturated heterocycles. The van der Waals surface area contributed by atoms with E-state index >= 15 is 0 Å². The first-order valence-electron chi connectivity index (χ1n) is 11.6. The summed E-state index contributed by atoms with van der Waals surface area (Å²) in [6.07, 6.45) is 6.56. The minimum absolute atomic E-state index is 0.273. The van der Waals surface area contributed by atoms with Crippen LogP contribution in [0.2, 0.25) is 6.93 Å². The molecule has 0 heterocycles. The number of fused-ring (bicyclic) bond motifs is 2. The van der Waals surface area contributed by atoms with Crippen molar-refractivity contribution in [3.63, 3.8) is 0 Å². The van der Waals surface area contributed by atoms with Gasteiger partial charge in [-0.25, -0.2) is 0 Å². The van der Waals surface area contributed by atoms with Gasteiger partial charge in [0.15, 0.2) is 0 Å². The van der Waals surface area contributed by atoms with Crippen LogP contribution in [0.25, 0.3) is 0 Å². The van der Waals surface area contributed by atoms with Crippen molar-refractivity contribution < 1.29 is 9.47 Å². The van der Waals surface area contributed by atoms with Crippen LogP contribution >= 0.6 is 0 Å². The molecule has 0 amide bonds. The number of rotatable bonds is 6.